The van der Waals surface area contributed by atoms with Crippen molar-refractivity contribution in [3.8, 4) is 0 Å². The molecule has 7 nitrogen and oxygen atoms in total. The zero-order valence-corrected chi connectivity index (χ0v) is 11.4. The van der Waals surface area contributed by atoms with Gasteiger partial charge in [0.25, 0.3) is 5.91 Å². The lowest BCUT2D eigenvalue weighted by Gasteiger charge is -2.31. The second kappa shape index (κ2) is 6.34. The van der Waals surface area contributed by atoms with Gasteiger partial charge in [0.15, 0.2) is 0 Å². The van der Waals surface area contributed by atoms with Crippen LogP contribution < -0.4 is 10.6 Å². The van der Waals surface area contributed by atoms with E-state index in [9.17, 15) is 19.6 Å². The lowest BCUT2D eigenvalue weighted by molar-refractivity contribution is -0.189. The van der Waals surface area contributed by atoms with Gasteiger partial charge in [-0.3, -0.25) is 19.6 Å². The fourth-order valence-electron chi connectivity index (χ4n) is 1.07. The molecular weight excluding hydrogens is 238 g/mol. The maximum atomic E-state index is 11.7. The molecule has 0 spiro atoms. The monoisotopic (exact) mass is 259 g/mol. The maximum absolute atomic E-state index is 11.7. The van der Waals surface area contributed by atoms with E-state index in [1.807, 2.05) is 0 Å². The molecule has 1 atom stereocenters. The van der Waals surface area contributed by atoms with E-state index in [0.29, 0.717) is 5.06 Å². The highest BCUT2D eigenvalue weighted by atomic mass is 16.5. The molecule has 0 saturated heterocycles. The summed E-state index contributed by atoms with van der Waals surface area (Å²) in [6.07, 6.45) is 0. The number of hydroxylamine groups is 2. The van der Waals surface area contributed by atoms with E-state index < -0.39 is 23.4 Å². The largest absolute Gasteiger partial charge is 0.347 e. The maximum Gasteiger partial charge on any atom is 0.268 e. The Bertz CT molecular complexity index is 336. The van der Waals surface area contributed by atoms with Crippen molar-refractivity contribution >= 4 is 17.7 Å². The Hall–Kier alpha value is -1.63. The number of amides is 3. The van der Waals surface area contributed by atoms with Crippen LogP contribution in [0.2, 0.25) is 0 Å². The molecule has 0 bridgehead atoms. The number of nitrogens with one attached hydrogen (secondary N) is 2. The van der Waals surface area contributed by atoms with Crippen LogP contribution in [0.3, 0.4) is 0 Å². The first kappa shape index (κ1) is 16.4. The molecule has 3 N–H and O–H groups in total. The van der Waals surface area contributed by atoms with Crippen LogP contribution in [0, 0.1) is 0 Å². The molecule has 0 unspecified atom stereocenters. The van der Waals surface area contributed by atoms with Crippen LogP contribution in [-0.4, -0.2) is 46.1 Å². The summed E-state index contributed by atoms with van der Waals surface area (Å²) in [6.45, 7) is 7.54. The molecule has 0 aromatic heterocycles. The summed E-state index contributed by atoms with van der Waals surface area (Å²) in [7, 11) is 0. The molecule has 0 rings (SSSR count). The van der Waals surface area contributed by atoms with Gasteiger partial charge in [-0.2, -0.15) is 0 Å². The van der Waals surface area contributed by atoms with Crippen molar-refractivity contribution in [2.45, 2.75) is 46.2 Å². The number of nitrogens with zero attached hydrogens (tertiary/aromatic N) is 1. The average Bonchev–Trinajstić information content (AvgIpc) is 2.22. The summed E-state index contributed by atoms with van der Waals surface area (Å²) in [5.74, 6) is -1.44. The lowest BCUT2D eigenvalue weighted by atomic mass is 10.1. The van der Waals surface area contributed by atoms with Gasteiger partial charge in [0.2, 0.25) is 11.8 Å². The summed E-state index contributed by atoms with van der Waals surface area (Å²) in [6, 6.07) is -0.865. The second-order valence-corrected chi connectivity index (χ2v) is 5.02. The van der Waals surface area contributed by atoms with Crippen molar-refractivity contribution in [3.05, 3.63) is 0 Å². The first-order chi connectivity index (χ1) is 8.05. The summed E-state index contributed by atoms with van der Waals surface area (Å²) < 4.78 is 0. The lowest BCUT2D eigenvalue weighted by Crippen LogP contribution is -2.53. The van der Waals surface area contributed by atoms with Gasteiger partial charge in [-0.15, -0.1) is 0 Å². The third kappa shape index (κ3) is 5.62. The topological polar surface area (TPSA) is 98.7 Å². The SMILES string of the molecule is CC(=O)NCC(=O)N[C@H](C)C(=O)N(O)C(C)(C)C. The van der Waals surface area contributed by atoms with Gasteiger partial charge < -0.3 is 10.6 Å². The Morgan fingerprint density at radius 2 is 1.78 bits per heavy atom. The normalized spacial score (nSPS) is 12.6. The number of hydrogen-bond acceptors (Lipinski definition) is 4. The van der Waals surface area contributed by atoms with Crippen LogP contribution in [0.4, 0.5) is 0 Å². The predicted octanol–water partition coefficient (Wildman–Crippen LogP) is -0.356. The molecule has 0 saturated carbocycles. The number of rotatable bonds is 4. The van der Waals surface area contributed by atoms with Gasteiger partial charge >= 0.3 is 0 Å². The summed E-state index contributed by atoms with van der Waals surface area (Å²) >= 11 is 0. The standard InChI is InChI=1S/C11H21N3O4/c1-7(10(17)14(18)11(3,4)5)13-9(16)6-12-8(2)15/h7,18H,6H2,1-5H3,(H,12,15)(H,13,16)/t7-/m1/s1. The molecule has 0 aromatic rings. The van der Waals surface area contributed by atoms with Gasteiger partial charge in [0, 0.05) is 6.92 Å². The van der Waals surface area contributed by atoms with Crippen LogP contribution >= 0.6 is 0 Å². The van der Waals surface area contributed by atoms with Crippen molar-refractivity contribution in [2.24, 2.45) is 0 Å². The van der Waals surface area contributed by atoms with Crippen molar-refractivity contribution < 1.29 is 19.6 Å². The van der Waals surface area contributed by atoms with Crippen LogP contribution in [0.15, 0.2) is 0 Å². The van der Waals surface area contributed by atoms with Crippen molar-refractivity contribution in [1.82, 2.24) is 15.7 Å². The van der Waals surface area contributed by atoms with Crippen molar-refractivity contribution in [2.75, 3.05) is 6.54 Å². The Balaban J connectivity index is 4.32. The van der Waals surface area contributed by atoms with Crippen molar-refractivity contribution in [3.63, 3.8) is 0 Å². The van der Waals surface area contributed by atoms with E-state index >= 15 is 0 Å². The Morgan fingerprint density at radius 1 is 1.28 bits per heavy atom. The number of hydrogen-bond donors (Lipinski definition) is 3. The van der Waals surface area contributed by atoms with E-state index in [1.165, 1.54) is 13.8 Å². The van der Waals surface area contributed by atoms with Gasteiger partial charge in [-0.25, -0.2) is 5.06 Å². The molecule has 0 aromatic carbocycles. The quantitative estimate of drug-likeness (QED) is 0.474. The van der Waals surface area contributed by atoms with Gasteiger partial charge in [-0.05, 0) is 27.7 Å². The summed E-state index contributed by atoms with van der Waals surface area (Å²) in [4.78, 5) is 33.7. The minimum Gasteiger partial charge on any atom is -0.347 e. The minimum atomic E-state index is -0.865. The average molecular weight is 259 g/mol. The fraction of sp³-hybridized carbons (Fsp3) is 0.727. The van der Waals surface area contributed by atoms with Crippen molar-refractivity contribution in [1.29, 1.82) is 0 Å². The molecule has 7 heteroatoms. The Morgan fingerprint density at radius 3 is 2.17 bits per heavy atom. The van der Waals surface area contributed by atoms with E-state index in [1.54, 1.807) is 20.8 Å². The van der Waals surface area contributed by atoms with E-state index in [2.05, 4.69) is 10.6 Å². The molecule has 0 fully saturated rings. The van der Waals surface area contributed by atoms with Gasteiger partial charge in [0.1, 0.15) is 6.04 Å². The molecule has 0 aliphatic carbocycles. The molecule has 0 aliphatic heterocycles. The molecule has 104 valence electrons. The second-order valence-electron chi connectivity index (χ2n) is 5.02. The minimum absolute atomic E-state index is 0.200. The van der Waals surface area contributed by atoms with Gasteiger partial charge in [0.05, 0.1) is 12.1 Å². The highest BCUT2D eigenvalue weighted by Crippen LogP contribution is 2.11. The molecule has 0 heterocycles. The molecule has 0 radical (unpaired) electrons. The zero-order valence-electron chi connectivity index (χ0n) is 11.4. The Labute approximate surface area is 106 Å². The summed E-state index contributed by atoms with van der Waals surface area (Å²) in [5, 5.41) is 14.9. The summed E-state index contributed by atoms with van der Waals surface area (Å²) in [5.41, 5.74) is -0.742. The van der Waals surface area contributed by atoms with Crippen LogP contribution in [0.1, 0.15) is 34.6 Å². The third-order valence-corrected chi connectivity index (χ3v) is 2.09. The van der Waals surface area contributed by atoms with E-state index in [-0.39, 0.29) is 12.5 Å². The molecule has 0 aliphatic rings. The van der Waals surface area contributed by atoms with E-state index in [4.69, 9.17) is 0 Å². The Kier molecular flexibility index (Phi) is 5.77. The highest BCUT2D eigenvalue weighted by Gasteiger charge is 2.29. The first-order valence-corrected chi connectivity index (χ1v) is 5.62. The third-order valence-electron chi connectivity index (χ3n) is 2.09. The van der Waals surface area contributed by atoms with Crippen LogP contribution in [-0.2, 0) is 14.4 Å². The molecular formula is C11H21N3O4. The molecule has 18 heavy (non-hydrogen) atoms. The number of carbonyl (C=O) groups excluding carboxylic acids is 3. The van der Waals surface area contributed by atoms with Crippen LogP contribution in [0.5, 0.6) is 0 Å². The predicted molar refractivity (Wildman–Crippen MR) is 64.7 cm³/mol. The highest BCUT2D eigenvalue weighted by molar-refractivity contribution is 5.89. The van der Waals surface area contributed by atoms with E-state index in [0.717, 1.165) is 0 Å². The fourth-order valence-corrected chi connectivity index (χ4v) is 1.07. The first-order valence-electron chi connectivity index (χ1n) is 5.62. The smallest absolute Gasteiger partial charge is 0.268 e. The molecule has 3 amide bonds. The number of carbonyl (C=O) groups is 3. The van der Waals surface area contributed by atoms with Crippen LogP contribution in [0.25, 0.3) is 0 Å². The zero-order chi connectivity index (χ0) is 14.5. The van der Waals surface area contributed by atoms with Gasteiger partial charge in [-0.1, -0.05) is 0 Å².